The highest BCUT2D eigenvalue weighted by atomic mass is 16.5. The lowest BCUT2D eigenvalue weighted by atomic mass is 9.97. The van der Waals surface area contributed by atoms with Crippen LogP contribution >= 0.6 is 0 Å². The van der Waals surface area contributed by atoms with Crippen LogP contribution in [-0.4, -0.2) is 41.1 Å². The molecule has 19 heavy (non-hydrogen) atoms. The zero-order valence-electron chi connectivity index (χ0n) is 11.4. The molecule has 0 aromatic rings. The maximum absolute atomic E-state index is 11.7. The SMILES string of the molecule is CC(C)COCC(=O)C(CCCCC(=O)O)C(=O)O. The fourth-order valence-electron chi connectivity index (χ4n) is 1.54. The number of Topliss-reactive ketones (excluding diaryl/α,β-unsaturated/α-hetero) is 1. The molecule has 0 aromatic carbocycles. The van der Waals surface area contributed by atoms with Crippen molar-refractivity contribution in [1.29, 1.82) is 0 Å². The van der Waals surface area contributed by atoms with Crippen LogP contribution in [0.1, 0.15) is 39.5 Å². The van der Waals surface area contributed by atoms with Crippen LogP contribution in [0.3, 0.4) is 0 Å². The lowest BCUT2D eigenvalue weighted by Crippen LogP contribution is -2.28. The molecule has 0 aliphatic carbocycles. The molecule has 0 amide bonds. The highest BCUT2D eigenvalue weighted by molar-refractivity contribution is 5.98. The van der Waals surface area contributed by atoms with Gasteiger partial charge in [-0.15, -0.1) is 0 Å². The second-order valence-corrected chi connectivity index (χ2v) is 4.91. The van der Waals surface area contributed by atoms with E-state index in [1.807, 2.05) is 13.8 Å². The summed E-state index contributed by atoms with van der Waals surface area (Å²) >= 11 is 0. The van der Waals surface area contributed by atoms with Crippen molar-refractivity contribution in [2.24, 2.45) is 11.8 Å². The molecule has 1 unspecified atom stereocenters. The molecule has 6 nitrogen and oxygen atoms in total. The molecule has 0 fully saturated rings. The number of carbonyl (C=O) groups is 3. The Hall–Kier alpha value is -1.43. The summed E-state index contributed by atoms with van der Waals surface area (Å²) in [5.74, 6) is -3.36. The van der Waals surface area contributed by atoms with Gasteiger partial charge in [-0.2, -0.15) is 0 Å². The zero-order chi connectivity index (χ0) is 14.8. The van der Waals surface area contributed by atoms with Gasteiger partial charge in [0.1, 0.15) is 12.5 Å². The smallest absolute Gasteiger partial charge is 0.314 e. The molecule has 2 N–H and O–H groups in total. The lowest BCUT2D eigenvalue weighted by molar-refractivity contribution is -0.148. The van der Waals surface area contributed by atoms with Crippen molar-refractivity contribution in [3.05, 3.63) is 0 Å². The van der Waals surface area contributed by atoms with E-state index in [-0.39, 0.29) is 25.4 Å². The number of rotatable bonds is 11. The number of ketones is 1. The maximum Gasteiger partial charge on any atom is 0.314 e. The predicted octanol–water partition coefficient (Wildman–Crippen LogP) is 1.57. The van der Waals surface area contributed by atoms with E-state index in [2.05, 4.69) is 0 Å². The lowest BCUT2D eigenvalue weighted by Gasteiger charge is -2.12. The van der Waals surface area contributed by atoms with Gasteiger partial charge < -0.3 is 14.9 Å². The van der Waals surface area contributed by atoms with Gasteiger partial charge >= 0.3 is 11.9 Å². The van der Waals surface area contributed by atoms with E-state index in [0.717, 1.165) is 0 Å². The van der Waals surface area contributed by atoms with Crippen LogP contribution < -0.4 is 0 Å². The average molecular weight is 274 g/mol. The van der Waals surface area contributed by atoms with Gasteiger partial charge in [0.15, 0.2) is 5.78 Å². The predicted molar refractivity (Wildman–Crippen MR) is 67.9 cm³/mol. The van der Waals surface area contributed by atoms with Gasteiger partial charge in [0, 0.05) is 13.0 Å². The molecule has 1 atom stereocenters. The minimum absolute atomic E-state index is 0.00954. The van der Waals surface area contributed by atoms with E-state index in [0.29, 0.717) is 19.4 Å². The third-order valence-corrected chi connectivity index (χ3v) is 2.52. The Morgan fingerprint density at radius 2 is 1.74 bits per heavy atom. The molecule has 6 heteroatoms. The Morgan fingerprint density at radius 1 is 1.11 bits per heavy atom. The Morgan fingerprint density at radius 3 is 2.21 bits per heavy atom. The molecule has 0 heterocycles. The van der Waals surface area contributed by atoms with E-state index in [1.165, 1.54) is 0 Å². The first-order chi connectivity index (χ1) is 8.84. The molecular weight excluding hydrogens is 252 g/mol. The second-order valence-electron chi connectivity index (χ2n) is 4.91. The zero-order valence-corrected chi connectivity index (χ0v) is 11.4. The van der Waals surface area contributed by atoms with Crippen molar-refractivity contribution >= 4 is 17.7 Å². The fourth-order valence-corrected chi connectivity index (χ4v) is 1.54. The normalized spacial score (nSPS) is 12.4. The number of aliphatic carboxylic acids is 2. The minimum Gasteiger partial charge on any atom is -0.481 e. The van der Waals surface area contributed by atoms with Crippen LogP contribution in [0.15, 0.2) is 0 Å². The minimum atomic E-state index is -1.17. The van der Waals surface area contributed by atoms with E-state index in [9.17, 15) is 14.4 Å². The summed E-state index contributed by atoms with van der Waals surface area (Å²) in [5.41, 5.74) is 0. The summed E-state index contributed by atoms with van der Waals surface area (Å²) in [7, 11) is 0. The van der Waals surface area contributed by atoms with Crippen LogP contribution in [0.5, 0.6) is 0 Å². The van der Waals surface area contributed by atoms with Gasteiger partial charge in [0.25, 0.3) is 0 Å². The number of carbonyl (C=O) groups excluding carboxylic acids is 1. The Bertz CT molecular complexity index is 310. The highest BCUT2D eigenvalue weighted by Crippen LogP contribution is 2.12. The molecule has 0 saturated heterocycles. The molecule has 0 saturated carbocycles. The van der Waals surface area contributed by atoms with Crippen molar-refractivity contribution < 1.29 is 29.3 Å². The van der Waals surface area contributed by atoms with Gasteiger partial charge in [0.05, 0.1) is 0 Å². The van der Waals surface area contributed by atoms with Crippen LogP contribution in [0, 0.1) is 11.8 Å². The van der Waals surface area contributed by atoms with Gasteiger partial charge in [0.2, 0.25) is 0 Å². The van der Waals surface area contributed by atoms with Crippen LogP contribution in [0.2, 0.25) is 0 Å². The number of carboxylic acids is 2. The monoisotopic (exact) mass is 274 g/mol. The molecular formula is C13H22O6. The Balaban J connectivity index is 4.05. The van der Waals surface area contributed by atoms with Crippen LogP contribution in [-0.2, 0) is 19.1 Å². The topological polar surface area (TPSA) is 101 Å². The van der Waals surface area contributed by atoms with E-state index in [1.54, 1.807) is 0 Å². The largest absolute Gasteiger partial charge is 0.481 e. The molecule has 0 radical (unpaired) electrons. The van der Waals surface area contributed by atoms with Crippen molar-refractivity contribution in [1.82, 2.24) is 0 Å². The quantitative estimate of drug-likeness (QED) is 0.438. The number of hydrogen-bond donors (Lipinski definition) is 2. The summed E-state index contributed by atoms with van der Waals surface area (Å²) in [6, 6.07) is 0. The number of hydrogen-bond acceptors (Lipinski definition) is 4. The number of ether oxygens (including phenoxy) is 1. The highest BCUT2D eigenvalue weighted by Gasteiger charge is 2.25. The van der Waals surface area contributed by atoms with E-state index >= 15 is 0 Å². The van der Waals surface area contributed by atoms with Crippen molar-refractivity contribution in [3.63, 3.8) is 0 Å². The van der Waals surface area contributed by atoms with Crippen molar-refractivity contribution in [3.8, 4) is 0 Å². The third-order valence-electron chi connectivity index (χ3n) is 2.52. The molecule has 110 valence electrons. The summed E-state index contributed by atoms with van der Waals surface area (Å²) in [5, 5.41) is 17.4. The third kappa shape index (κ3) is 9.18. The standard InChI is InChI=1S/C13H22O6/c1-9(2)7-19-8-11(14)10(13(17)18)5-3-4-6-12(15)16/h9-10H,3-8H2,1-2H3,(H,15,16)(H,17,18). The molecule has 0 aliphatic heterocycles. The summed E-state index contributed by atoms with van der Waals surface area (Å²) in [4.78, 5) is 33.0. The summed E-state index contributed by atoms with van der Waals surface area (Å²) in [6.07, 6.45) is 0.926. The molecule has 0 rings (SSSR count). The molecule has 0 aliphatic rings. The van der Waals surface area contributed by atoms with Crippen LogP contribution in [0.25, 0.3) is 0 Å². The summed E-state index contributed by atoms with van der Waals surface area (Å²) in [6.45, 7) is 4.08. The molecule has 0 spiro atoms. The average Bonchev–Trinajstić information content (AvgIpc) is 2.27. The Kier molecular flexibility index (Phi) is 8.78. The van der Waals surface area contributed by atoms with Crippen LogP contribution in [0.4, 0.5) is 0 Å². The first-order valence-electron chi connectivity index (χ1n) is 6.39. The molecule has 0 bridgehead atoms. The first kappa shape index (κ1) is 17.6. The fraction of sp³-hybridized carbons (Fsp3) is 0.769. The Labute approximate surface area is 112 Å². The van der Waals surface area contributed by atoms with Gasteiger partial charge in [-0.25, -0.2) is 0 Å². The van der Waals surface area contributed by atoms with Crippen molar-refractivity contribution in [2.75, 3.05) is 13.2 Å². The van der Waals surface area contributed by atoms with Crippen molar-refractivity contribution in [2.45, 2.75) is 39.5 Å². The number of unbranched alkanes of at least 4 members (excludes halogenated alkanes) is 1. The summed E-state index contributed by atoms with van der Waals surface area (Å²) < 4.78 is 5.13. The van der Waals surface area contributed by atoms with E-state index in [4.69, 9.17) is 14.9 Å². The first-order valence-corrected chi connectivity index (χ1v) is 6.39. The van der Waals surface area contributed by atoms with Gasteiger partial charge in [-0.05, 0) is 18.8 Å². The maximum atomic E-state index is 11.7. The number of carboxylic acid groups (broad SMARTS) is 2. The van der Waals surface area contributed by atoms with E-state index < -0.39 is 23.6 Å². The van der Waals surface area contributed by atoms with Gasteiger partial charge in [-0.3, -0.25) is 14.4 Å². The van der Waals surface area contributed by atoms with Gasteiger partial charge in [-0.1, -0.05) is 20.3 Å². The molecule has 0 aromatic heterocycles. The second kappa shape index (κ2) is 9.49.